The fourth-order valence-electron chi connectivity index (χ4n) is 10.7. The molecule has 0 bridgehead atoms. The summed E-state index contributed by atoms with van der Waals surface area (Å²) < 4.78 is 11.0. The predicted molar refractivity (Wildman–Crippen MR) is 422 cm³/mol. The molecule has 0 fully saturated rings. The predicted octanol–water partition coefficient (Wildman–Crippen LogP) is -7.43. The molecule has 2 aromatic heterocycles. The highest BCUT2D eigenvalue weighted by molar-refractivity contribution is 7.99. The average Bonchev–Trinajstić information content (AvgIpc) is 1.61. The molecule has 0 aliphatic carbocycles. The number of aliphatic imine (C=N–C) groups is 1. The van der Waals surface area contributed by atoms with E-state index in [1.165, 1.54) is 38.1 Å². The van der Waals surface area contributed by atoms with Crippen LogP contribution < -0.4 is 97.4 Å². The monoisotopic (exact) mass is 1640 g/mol. The number of thioether (sulfide) groups is 2. The zero-order chi connectivity index (χ0) is 85.0. The quantitative estimate of drug-likeness (QED) is 0.0108. The van der Waals surface area contributed by atoms with E-state index >= 15 is 0 Å². The molecule has 3 rings (SSSR count). The van der Waals surface area contributed by atoms with E-state index < -0.39 is 194 Å². The van der Waals surface area contributed by atoms with Gasteiger partial charge in [-0.3, -0.25) is 81.7 Å². The SMILES string of the molecule is CSCC[C@H](NC(=O)[C@H](CC(C)C)NC(=O)[C@H](Cc1cnc[nH]1)NC(=O)CNC(=O)[C@@H](NC(=O)[C@H](C)NC(=O)[C@H](Cc1c[nH]c2ccccc12)NC(=O)[C@H](CCC(N)=O)NC(=O)[C@H](CCCN=C(N)N)NC(=O)COCCOCCNC(=O)CNC(=O)[C@H](CSCNC(C)=O)NC(=O)[C@H](CO)NC(=O)CN(C)C)C(C)C)C(N)=O. The normalized spacial score (nSPS) is 13.8. The first kappa shape index (κ1) is 97.5. The first-order valence-electron chi connectivity index (χ1n) is 36.7. The number of fused-ring (bicyclic) bond motifs is 1. The number of aromatic amines is 2. The molecule has 2 heterocycles. The van der Waals surface area contributed by atoms with E-state index in [-0.39, 0.29) is 107 Å². The number of ether oxygens (including phenoxy) is 2. The summed E-state index contributed by atoms with van der Waals surface area (Å²) in [4.78, 5) is 228. The van der Waals surface area contributed by atoms with E-state index in [2.05, 4.69) is 94.4 Å². The van der Waals surface area contributed by atoms with Gasteiger partial charge in [0.15, 0.2) is 5.96 Å². The van der Waals surface area contributed by atoms with Crippen LogP contribution in [0.25, 0.3) is 10.9 Å². The number of benzene rings is 1. The number of imidazole rings is 1. The number of para-hydroxylation sites is 1. The summed E-state index contributed by atoms with van der Waals surface area (Å²) in [6, 6.07) is -6.39. The molecule has 0 saturated carbocycles. The summed E-state index contributed by atoms with van der Waals surface area (Å²) >= 11 is 2.52. The Bertz CT molecular complexity index is 3710. The van der Waals surface area contributed by atoms with Crippen LogP contribution in [0, 0.1) is 11.8 Å². The Hall–Kier alpha value is -10.7. The molecule has 0 radical (unpaired) electrons. The van der Waals surface area contributed by atoms with E-state index in [0.29, 0.717) is 27.9 Å². The molecule has 114 heavy (non-hydrogen) atoms. The number of carbonyl (C=O) groups is 16. The van der Waals surface area contributed by atoms with Crippen LogP contribution in [-0.2, 0) is 99.0 Å². The van der Waals surface area contributed by atoms with Crippen molar-refractivity contribution >= 4 is 135 Å². The molecule has 0 unspecified atom stereocenters. The van der Waals surface area contributed by atoms with Crippen molar-refractivity contribution in [2.24, 2.45) is 39.8 Å². The number of aromatic nitrogens is 3. The van der Waals surface area contributed by atoms with Crippen molar-refractivity contribution in [2.75, 3.05) is 103 Å². The number of hydrogen-bond donors (Lipinski definition) is 21. The second kappa shape index (κ2) is 52.6. The average molecular weight is 1640 g/mol. The zero-order valence-corrected chi connectivity index (χ0v) is 67.2. The number of rotatable bonds is 56. The number of H-pyrrole nitrogens is 2. The van der Waals surface area contributed by atoms with Crippen LogP contribution in [0.1, 0.15) is 91.3 Å². The molecule has 16 amide bonds. The second-order valence-electron chi connectivity index (χ2n) is 27.4. The lowest BCUT2D eigenvalue weighted by Crippen LogP contribution is -2.60. The maximum atomic E-state index is 14.6. The van der Waals surface area contributed by atoms with Gasteiger partial charge in [-0.1, -0.05) is 45.9 Å². The van der Waals surface area contributed by atoms with E-state index in [9.17, 15) is 81.8 Å². The summed E-state index contributed by atoms with van der Waals surface area (Å²) in [5, 5.41) is 46.1. The number of nitrogens with two attached hydrogens (primary N) is 4. The van der Waals surface area contributed by atoms with E-state index in [0.717, 1.165) is 11.8 Å². The molecular formula is C70H113N23O19S2. The maximum absolute atomic E-state index is 14.6. The smallest absolute Gasteiger partial charge is 0.246 e. The molecule has 634 valence electrons. The lowest BCUT2D eigenvalue weighted by molar-refractivity contribution is -0.136. The number of likely N-dealkylation sites (N-methyl/N-ethyl adjacent to an activating group) is 1. The van der Waals surface area contributed by atoms with E-state index in [1.54, 1.807) is 63.3 Å². The maximum Gasteiger partial charge on any atom is 0.246 e. The van der Waals surface area contributed by atoms with Crippen LogP contribution in [-0.4, -0.2) is 289 Å². The third-order valence-corrected chi connectivity index (χ3v) is 18.1. The Labute approximate surface area is 668 Å². The lowest BCUT2D eigenvalue weighted by atomic mass is 10.0. The van der Waals surface area contributed by atoms with Crippen molar-refractivity contribution in [3.63, 3.8) is 0 Å². The Balaban J connectivity index is 1.70. The van der Waals surface area contributed by atoms with Crippen LogP contribution in [0.2, 0.25) is 0 Å². The van der Waals surface area contributed by atoms with Crippen LogP contribution in [0.3, 0.4) is 0 Å². The molecule has 0 saturated heterocycles. The van der Waals surface area contributed by atoms with Crippen molar-refractivity contribution in [3.05, 3.63) is 54.2 Å². The highest BCUT2D eigenvalue weighted by Gasteiger charge is 2.36. The molecule has 25 N–H and O–H groups in total. The summed E-state index contributed by atoms with van der Waals surface area (Å²) in [6.45, 7) is 6.36. The van der Waals surface area contributed by atoms with Gasteiger partial charge in [-0.05, 0) is 88.6 Å². The van der Waals surface area contributed by atoms with Crippen LogP contribution in [0.5, 0.6) is 0 Å². The third-order valence-electron chi connectivity index (χ3n) is 16.5. The van der Waals surface area contributed by atoms with Gasteiger partial charge in [-0.25, -0.2) is 4.98 Å². The summed E-state index contributed by atoms with van der Waals surface area (Å²) in [7, 11) is 3.25. The number of guanidine groups is 1. The molecule has 42 nitrogen and oxygen atoms in total. The fourth-order valence-corrected chi connectivity index (χ4v) is 12.0. The molecule has 1 aromatic carbocycles. The van der Waals surface area contributed by atoms with Gasteiger partial charge >= 0.3 is 0 Å². The second-order valence-corrected chi connectivity index (χ2v) is 29.4. The number of nitrogens with zero attached hydrogens (tertiary/aromatic N) is 3. The number of carbonyl (C=O) groups excluding carboxylic acids is 16. The molecule has 3 aromatic rings. The van der Waals surface area contributed by atoms with Gasteiger partial charge in [0.05, 0.1) is 58.3 Å². The van der Waals surface area contributed by atoms with Gasteiger partial charge in [-0.2, -0.15) is 11.8 Å². The van der Waals surface area contributed by atoms with Crippen molar-refractivity contribution in [2.45, 2.75) is 153 Å². The van der Waals surface area contributed by atoms with Gasteiger partial charge < -0.3 is 127 Å². The van der Waals surface area contributed by atoms with Crippen LogP contribution in [0.4, 0.5) is 0 Å². The molecule has 0 aliphatic rings. The lowest BCUT2D eigenvalue weighted by Gasteiger charge is -2.27. The number of primary amides is 2. The largest absolute Gasteiger partial charge is 0.394 e. The number of aliphatic hydroxyl groups is 1. The molecule has 0 aliphatic heterocycles. The summed E-state index contributed by atoms with van der Waals surface area (Å²) in [5.74, 6) is -13.0. The molecule has 10 atom stereocenters. The number of aliphatic hydroxyl groups excluding tert-OH is 1. The number of hydrogen-bond acceptors (Lipinski definition) is 24. The minimum Gasteiger partial charge on any atom is -0.394 e. The Morgan fingerprint density at radius 3 is 1.81 bits per heavy atom. The van der Waals surface area contributed by atoms with E-state index in [4.69, 9.17) is 32.4 Å². The van der Waals surface area contributed by atoms with Crippen molar-refractivity contribution in [1.82, 2.24) is 94.3 Å². The van der Waals surface area contributed by atoms with Gasteiger partial charge in [0.2, 0.25) is 94.5 Å². The first-order valence-corrected chi connectivity index (χ1v) is 39.3. The molecule has 44 heteroatoms. The standard InChI is InChI=1S/C70H113N23O19S2/c1-38(2)25-49(66(107)87-46(60(72)101)18-24-113-9)89-67(108)51(27-43-29-75-36-81-43)85-56(98)31-80-69(110)59(39(3)4)92-61(102)40(5)83-65(106)50(26-42-28-78-45-14-11-10-13-44(42)45)90-64(105)48(16-17-54(71)96)88-63(104)47(15-12-19-77-70(73)74)84-58(100)34-112-23-22-111-21-20-76-55(97)30-79-62(103)53(35-114-37-82-41(6)95)91-68(109)52(33-94)86-57(99)32-93(7)8/h10-11,13-14,28-29,36,38-40,46-53,59,78,94H,12,15-27,30-35,37H2,1-9H3,(H2,71,96)(H2,72,101)(H,75,81)(H,76,97)(H,79,103)(H,80,110)(H,82,95)(H,83,106)(H,84,100)(H,85,98)(H,86,99)(H,87,107)(H,88,104)(H,89,108)(H,90,105)(H,91,109)(H,92,102)(H4,73,74,77)/t40-,46-,47-,48-,49-,50-,51-,52-,53-,59-/m0/s1. The molecule has 0 spiro atoms. The fraction of sp³-hybridized carbons (Fsp3) is 0.600. The van der Waals surface area contributed by atoms with Gasteiger partial charge in [0, 0.05) is 74.0 Å². The number of nitrogens with one attached hydrogen (secondary N) is 16. The van der Waals surface area contributed by atoms with Gasteiger partial charge in [0.25, 0.3) is 0 Å². The highest BCUT2D eigenvalue weighted by Crippen LogP contribution is 2.20. The number of amides is 16. The molecular weight excluding hydrogens is 1530 g/mol. The van der Waals surface area contributed by atoms with Gasteiger partial charge in [-0.15, -0.1) is 11.8 Å². The zero-order valence-electron chi connectivity index (χ0n) is 65.6. The Morgan fingerprint density at radius 2 is 1.18 bits per heavy atom. The topological polar surface area (TPSA) is 644 Å². The first-order chi connectivity index (χ1) is 54.0. The summed E-state index contributed by atoms with van der Waals surface area (Å²) in [5.41, 5.74) is 23.8. The highest BCUT2D eigenvalue weighted by atomic mass is 32.2. The van der Waals surface area contributed by atoms with Crippen molar-refractivity contribution < 1.29 is 91.3 Å². The summed E-state index contributed by atoms with van der Waals surface area (Å²) in [6.07, 6.45) is 5.36. The van der Waals surface area contributed by atoms with Crippen LogP contribution >= 0.6 is 23.5 Å². The minimum absolute atomic E-state index is 0.00151. The van der Waals surface area contributed by atoms with Crippen LogP contribution in [0.15, 0.2) is 48.0 Å². The van der Waals surface area contributed by atoms with Gasteiger partial charge in [0.1, 0.15) is 67.0 Å². The Kier molecular flexibility index (Phi) is 45.0. The van der Waals surface area contributed by atoms with Crippen molar-refractivity contribution in [1.29, 1.82) is 0 Å². The van der Waals surface area contributed by atoms with Crippen molar-refractivity contribution in [3.8, 4) is 0 Å². The van der Waals surface area contributed by atoms with E-state index in [1.807, 2.05) is 20.1 Å². The minimum atomic E-state index is -1.60. The Morgan fingerprint density at radius 1 is 0.588 bits per heavy atom. The third kappa shape index (κ3) is 38.7.